The van der Waals surface area contributed by atoms with Crippen LogP contribution >= 0.6 is 0 Å². The molecule has 2 rings (SSSR count). The highest BCUT2D eigenvalue weighted by Gasteiger charge is 2.31. The lowest BCUT2D eigenvalue weighted by Crippen LogP contribution is -2.51. The molecule has 1 unspecified atom stereocenters. The van der Waals surface area contributed by atoms with Gasteiger partial charge < -0.3 is 20.4 Å². The fraction of sp³-hybridized carbons (Fsp3) is 0.529. The smallest absolute Gasteiger partial charge is 0.337 e. The van der Waals surface area contributed by atoms with Crippen molar-refractivity contribution in [2.24, 2.45) is 5.92 Å². The Balaban J connectivity index is 1.75. The van der Waals surface area contributed by atoms with Crippen molar-refractivity contribution in [3.05, 3.63) is 35.9 Å². The number of urea groups is 1. The van der Waals surface area contributed by atoms with E-state index in [1.807, 2.05) is 18.2 Å². The van der Waals surface area contributed by atoms with Crippen LogP contribution in [0.3, 0.4) is 0 Å². The van der Waals surface area contributed by atoms with Crippen LogP contribution in [0, 0.1) is 5.92 Å². The summed E-state index contributed by atoms with van der Waals surface area (Å²) in [6.45, 7) is 2.17. The molecule has 1 aromatic carbocycles. The summed E-state index contributed by atoms with van der Waals surface area (Å²) in [5.74, 6) is -0.789. The second-order valence-corrected chi connectivity index (χ2v) is 6.36. The van der Waals surface area contributed by atoms with Crippen molar-refractivity contribution in [3.8, 4) is 0 Å². The summed E-state index contributed by atoms with van der Waals surface area (Å²) in [5, 5.41) is 20.9. The van der Waals surface area contributed by atoms with E-state index in [9.17, 15) is 14.7 Å². The fourth-order valence-electron chi connectivity index (χ4n) is 2.72. The van der Waals surface area contributed by atoms with Crippen molar-refractivity contribution < 1.29 is 19.8 Å². The summed E-state index contributed by atoms with van der Waals surface area (Å²) in [4.78, 5) is 24.5. The van der Waals surface area contributed by atoms with Crippen LogP contribution in [-0.2, 0) is 11.2 Å². The Kier molecular flexibility index (Phi) is 5.60. The second kappa shape index (κ2) is 7.46. The number of amides is 2. The predicted molar refractivity (Wildman–Crippen MR) is 86.1 cm³/mol. The molecular formula is C17H24N2O4. The summed E-state index contributed by atoms with van der Waals surface area (Å²) in [6.07, 6.45) is 2.87. The van der Waals surface area contributed by atoms with E-state index >= 15 is 0 Å². The van der Waals surface area contributed by atoms with Gasteiger partial charge >= 0.3 is 12.0 Å². The maximum absolute atomic E-state index is 12.0. The number of nitrogens with zero attached hydrogens (tertiary/aromatic N) is 1. The first kappa shape index (κ1) is 17.3. The molecular weight excluding hydrogens is 296 g/mol. The molecule has 1 aromatic rings. The minimum atomic E-state index is -1.94. The molecule has 2 amide bonds. The van der Waals surface area contributed by atoms with E-state index in [0.29, 0.717) is 19.0 Å². The molecule has 6 heteroatoms. The van der Waals surface area contributed by atoms with Gasteiger partial charge in [0.15, 0.2) is 5.60 Å². The molecule has 3 N–H and O–H groups in total. The molecule has 126 valence electrons. The quantitative estimate of drug-likeness (QED) is 0.767. The van der Waals surface area contributed by atoms with Crippen molar-refractivity contribution >= 4 is 12.0 Å². The van der Waals surface area contributed by atoms with Gasteiger partial charge in [-0.2, -0.15) is 0 Å². The van der Waals surface area contributed by atoms with Crippen molar-refractivity contribution in [2.45, 2.75) is 31.8 Å². The van der Waals surface area contributed by atoms with Gasteiger partial charge in [-0.3, -0.25) is 0 Å². The minimum Gasteiger partial charge on any atom is -0.479 e. The molecule has 1 heterocycles. The number of carboxylic acids is 1. The fourth-order valence-corrected chi connectivity index (χ4v) is 2.72. The molecule has 1 saturated heterocycles. The highest BCUT2D eigenvalue weighted by atomic mass is 16.4. The Morgan fingerprint density at radius 2 is 1.87 bits per heavy atom. The summed E-state index contributed by atoms with van der Waals surface area (Å²) < 4.78 is 0. The standard InChI is InChI=1S/C17H24N2O4/c1-17(23,15(20)21)12-18-16(22)19-9-7-14(8-10-19)11-13-5-3-2-4-6-13/h2-6,14,23H,7-12H2,1H3,(H,18,22)(H,20,21). The van der Waals surface area contributed by atoms with Gasteiger partial charge in [-0.25, -0.2) is 9.59 Å². The van der Waals surface area contributed by atoms with Crippen molar-refractivity contribution in [1.82, 2.24) is 10.2 Å². The van der Waals surface area contributed by atoms with Gasteiger partial charge in [0.25, 0.3) is 0 Å². The van der Waals surface area contributed by atoms with E-state index in [1.165, 1.54) is 12.5 Å². The number of aliphatic carboxylic acids is 1. The number of carbonyl (C=O) groups is 2. The van der Waals surface area contributed by atoms with Crippen LogP contribution in [0.1, 0.15) is 25.3 Å². The molecule has 1 aliphatic heterocycles. The molecule has 23 heavy (non-hydrogen) atoms. The van der Waals surface area contributed by atoms with Crippen LogP contribution in [0.4, 0.5) is 4.79 Å². The molecule has 1 aliphatic rings. The number of rotatable bonds is 5. The monoisotopic (exact) mass is 320 g/mol. The first-order chi connectivity index (χ1) is 10.9. The van der Waals surface area contributed by atoms with Crippen LogP contribution in [0.25, 0.3) is 0 Å². The van der Waals surface area contributed by atoms with Crippen LogP contribution in [-0.4, -0.2) is 52.3 Å². The van der Waals surface area contributed by atoms with Gasteiger partial charge in [-0.05, 0) is 37.7 Å². The third kappa shape index (κ3) is 4.96. The van der Waals surface area contributed by atoms with Crippen molar-refractivity contribution in [1.29, 1.82) is 0 Å². The molecule has 0 spiro atoms. The first-order valence-corrected chi connectivity index (χ1v) is 7.91. The third-order valence-electron chi connectivity index (χ3n) is 4.31. The van der Waals surface area contributed by atoms with Crippen molar-refractivity contribution in [3.63, 3.8) is 0 Å². The number of hydrogen-bond acceptors (Lipinski definition) is 3. The van der Waals surface area contributed by atoms with Gasteiger partial charge in [0.05, 0.1) is 6.54 Å². The van der Waals surface area contributed by atoms with Crippen LogP contribution in [0.5, 0.6) is 0 Å². The number of piperidine rings is 1. The maximum atomic E-state index is 12.0. The average Bonchev–Trinajstić information content (AvgIpc) is 2.54. The lowest BCUT2D eigenvalue weighted by molar-refractivity contribution is -0.155. The second-order valence-electron chi connectivity index (χ2n) is 6.36. The highest BCUT2D eigenvalue weighted by Crippen LogP contribution is 2.21. The van der Waals surface area contributed by atoms with Crippen LogP contribution in [0.2, 0.25) is 0 Å². The Morgan fingerprint density at radius 1 is 1.26 bits per heavy atom. The molecule has 0 aliphatic carbocycles. The van der Waals surface area contributed by atoms with E-state index in [-0.39, 0.29) is 12.6 Å². The first-order valence-electron chi connectivity index (χ1n) is 7.91. The molecule has 1 fully saturated rings. The SMILES string of the molecule is CC(O)(CNC(=O)N1CCC(Cc2ccccc2)CC1)C(=O)O. The van der Waals surface area contributed by atoms with Gasteiger partial charge in [0.1, 0.15) is 0 Å². The predicted octanol–water partition coefficient (Wildman–Crippen LogP) is 1.49. The van der Waals surface area contributed by atoms with Gasteiger partial charge in [-0.1, -0.05) is 30.3 Å². The molecule has 6 nitrogen and oxygen atoms in total. The van der Waals surface area contributed by atoms with Crippen LogP contribution in [0.15, 0.2) is 30.3 Å². The normalized spacial score (nSPS) is 18.3. The number of hydrogen-bond donors (Lipinski definition) is 3. The Hall–Kier alpha value is -2.08. The number of carboxylic acid groups (broad SMARTS) is 1. The molecule has 0 aromatic heterocycles. The number of aliphatic hydroxyl groups is 1. The largest absolute Gasteiger partial charge is 0.479 e. The Morgan fingerprint density at radius 3 is 2.43 bits per heavy atom. The lowest BCUT2D eigenvalue weighted by Gasteiger charge is -2.32. The minimum absolute atomic E-state index is 0.300. The number of benzene rings is 1. The molecule has 0 saturated carbocycles. The van der Waals surface area contributed by atoms with Gasteiger partial charge in [-0.15, -0.1) is 0 Å². The third-order valence-corrected chi connectivity index (χ3v) is 4.31. The van der Waals surface area contributed by atoms with Crippen LogP contribution < -0.4 is 5.32 Å². The van der Waals surface area contributed by atoms with Gasteiger partial charge in [0, 0.05) is 13.1 Å². The summed E-state index contributed by atoms with van der Waals surface area (Å²) in [7, 11) is 0. The molecule has 1 atom stereocenters. The summed E-state index contributed by atoms with van der Waals surface area (Å²) in [6, 6.07) is 9.99. The van der Waals surface area contributed by atoms with Gasteiger partial charge in [0.2, 0.25) is 0 Å². The number of likely N-dealkylation sites (tertiary alicyclic amines) is 1. The van der Waals surface area contributed by atoms with Crippen molar-refractivity contribution in [2.75, 3.05) is 19.6 Å². The van der Waals surface area contributed by atoms with E-state index in [0.717, 1.165) is 19.3 Å². The van der Waals surface area contributed by atoms with E-state index in [4.69, 9.17) is 5.11 Å². The topological polar surface area (TPSA) is 89.9 Å². The number of nitrogens with one attached hydrogen (secondary N) is 1. The Labute approximate surface area is 136 Å². The zero-order valence-electron chi connectivity index (χ0n) is 13.4. The zero-order chi connectivity index (χ0) is 16.9. The number of carbonyl (C=O) groups excluding carboxylic acids is 1. The molecule has 0 bridgehead atoms. The Bertz CT molecular complexity index is 537. The summed E-state index contributed by atoms with van der Waals surface area (Å²) >= 11 is 0. The average molecular weight is 320 g/mol. The molecule has 0 radical (unpaired) electrons. The van der Waals surface area contributed by atoms with E-state index in [2.05, 4.69) is 17.4 Å². The maximum Gasteiger partial charge on any atom is 0.337 e. The van der Waals surface area contributed by atoms with E-state index in [1.54, 1.807) is 4.90 Å². The zero-order valence-corrected chi connectivity index (χ0v) is 13.4. The highest BCUT2D eigenvalue weighted by molar-refractivity contribution is 5.79. The van der Waals surface area contributed by atoms with E-state index < -0.39 is 11.6 Å². The summed E-state index contributed by atoms with van der Waals surface area (Å²) in [5.41, 5.74) is -0.630. The lowest BCUT2D eigenvalue weighted by atomic mass is 9.90.